The molecule has 0 aliphatic carbocycles. The smallest absolute Gasteiger partial charge is 0.234 e. The van der Waals surface area contributed by atoms with Crippen molar-refractivity contribution in [1.82, 2.24) is 5.32 Å². The Balaban J connectivity index is 2.23. The summed E-state index contributed by atoms with van der Waals surface area (Å²) < 4.78 is 5.65. The molecule has 17 heavy (non-hydrogen) atoms. The lowest BCUT2D eigenvalue weighted by atomic mass is 9.91. The number of amides is 1. The molecule has 92 valence electrons. The molecule has 1 amide bonds. The maximum Gasteiger partial charge on any atom is 0.234 e. The summed E-state index contributed by atoms with van der Waals surface area (Å²) >= 11 is 0. The number of hydrogen-bond acceptors (Lipinski definition) is 3. The number of benzene rings is 1. The third-order valence-corrected chi connectivity index (χ3v) is 3.18. The van der Waals surface area contributed by atoms with Gasteiger partial charge in [0, 0.05) is 17.5 Å². The molecule has 0 bridgehead atoms. The number of primary amides is 1. The normalized spacial score (nSPS) is 24.6. The van der Waals surface area contributed by atoms with E-state index < -0.39 is 0 Å². The van der Waals surface area contributed by atoms with Gasteiger partial charge in [0.1, 0.15) is 5.75 Å². The van der Waals surface area contributed by atoms with E-state index in [2.05, 4.69) is 12.2 Å². The summed E-state index contributed by atoms with van der Waals surface area (Å²) in [5.41, 5.74) is 6.38. The fourth-order valence-corrected chi connectivity index (χ4v) is 2.10. The third-order valence-electron chi connectivity index (χ3n) is 3.18. The van der Waals surface area contributed by atoms with E-state index in [9.17, 15) is 4.79 Å². The lowest BCUT2D eigenvalue weighted by Crippen LogP contribution is -2.44. The minimum atomic E-state index is -0.339. The predicted molar refractivity (Wildman–Crippen MR) is 65.6 cm³/mol. The van der Waals surface area contributed by atoms with Gasteiger partial charge in [-0.2, -0.15) is 0 Å². The molecule has 0 saturated carbocycles. The molecule has 0 radical (unpaired) electrons. The van der Waals surface area contributed by atoms with E-state index in [1.165, 1.54) is 0 Å². The van der Waals surface area contributed by atoms with Crippen LogP contribution in [0.25, 0.3) is 0 Å². The Bertz CT molecular complexity index is 420. The first-order valence-corrected chi connectivity index (χ1v) is 5.86. The molecule has 3 unspecified atom stereocenters. The number of carbonyl (C=O) groups excluding carboxylic acids is 1. The molecule has 0 spiro atoms. The summed E-state index contributed by atoms with van der Waals surface area (Å²) in [7, 11) is 0. The maximum atomic E-state index is 11.1. The van der Waals surface area contributed by atoms with Gasteiger partial charge in [-0.3, -0.25) is 10.1 Å². The summed E-state index contributed by atoms with van der Waals surface area (Å²) in [5.74, 6) is 0.868. The molecule has 1 aliphatic heterocycles. The zero-order chi connectivity index (χ0) is 12.4. The Hall–Kier alpha value is -1.55. The molecule has 4 heteroatoms. The minimum absolute atomic E-state index is 0.113. The second kappa shape index (κ2) is 4.75. The van der Waals surface area contributed by atoms with Gasteiger partial charge in [0.2, 0.25) is 5.91 Å². The Kier molecular flexibility index (Phi) is 3.33. The van der Waals surface area contributed by atoms with Crippen LogP contribution in [0.2, 0.25) is 0 Å². The van der Waals surface area contributed by atoms with E-state index in [1.807, 2.05) is 24.3 Å². The zero-order valence-corrected chi connectivity index (χ0v) is 10.1. The van der Waals surface area contributed by atoms with Crippen molar-refractivity contribution >= 4 is 5.91 Å². The Labute approximate surface area is 101 Å². The van der Waals surface area contributed by atoms with Crippen molar-refractivity contribution in [2.45, 2.75) is 25.9 Å². The number of hydrogen-bond donors (Lipinski definition) is 2. The summed E-state index contributed by atoms with van der Waals surface area (Å²) in [5, 5.41) is 3.27. The Morgan fingerprint density at radius 3 is 2.94 bits per heavy atom. The van der Waals surface area contributed by atoms with Crippen LogP contribution in [0.1, 0.15) is 25.5 Å². The number of carbonyl (C=O) groups is 1. The van der Waals surface area contributed by atoms with Crippen molar-refractivity contribution in [2.75, 3.05) is 6.61 Å². The van der Waals surface area contributed by atoms with Gasteiger partial charge in [-0.1, -0.05) is 25.1 Å². The van der Waals surface area contributed by atoms with Gasteiger partial charge in [-0.05, 0) is 13.0 Å². The van der Waals surface area contributed by atoms with Crippen LogP contribution < -0.4 is 15.8 Å². The van der Waals surface area contributed by atoms with Crippen LogP contribution in [0.4, 0.5) is 0 Å². The molecule has 1 aliphatic rings. The molecule has 1 heterocycles. The van der Waals surface area contributed by atoms with Gasteiger partial charge in [0.25, 0.3) is 0 Å². The second-order valence-corrected chi connectivity index (χ2v) is 4.59. The molecular weight excluding hydrogens is 216 g/mol. The minimum Gasteiger partial charge on any atom is -0.493 e. The molecular formula is C13H18N2O2. The largest absolute Gasteiger partial charge is 0.493 e. The van der Waals surface area contributed by atoms with Crippen LogP contribution >= 0.6 is 0 Å². The molecule has 1 aromatic carbocycles. The number of nitrogens with two attached hydrogens (primary N) is 1. The second-order valence-electron chi connectivity index (χ2n) is 4.59. The Morgan fingerprint density at radius 1 is 1.53 bits per heavy atom. The van der Waals surface area contributed by atoms with Crippen molar-refractivity contribution < 1.29 is 9.53 Å². The van der Waals surface area contributed by atoms with Crippen molar-refractivity contribution in [3.8, 4) is 5.75 Å². The standard InChI is InChI=1S/C13H18N2O2/c1-8-7-17-11-6-4-3-5-10(11)12(8)15-9(2)13(14)16/h3-6,8-9,12,15H,7H2,1-2H3,(H2,14,16). The van der Waals surface area contributed by atoms with Gasteiger partial charge in [-0.15, -0.1) is 0 Å². The molecule has 0 aromatic heterocycles. The van der Waals surface area contributed by atoms with E-state index in [0.29, 0.717) is 12.5 Å². The highest BCUT2D eigenvalue weighted by Gasteiger charge is 2.29. The number of fused-ring (bicyclic) bond motifs is 1. The molecule has 0 fully saturated rings. The van der Waals surface area contributed by atoms with Gasteiger partial charge >= 0.3 is 0 Å². The average Bonchev–Trinajstić information content (AvgIpc) is 2.32. The molecule has 3 atom stereocenters. The highest BCUT2D eigenvalue weighted by molar-refractivity contribution is 5.79. The summed E-state index contributed by atoms with van der Waals surface area (Å²) in [6.45, 7) is 4.54. The van der Waals surface area contributed by atoms with Crippen LogP contribution in [-0.2, 0) is 4.79 Å². The van der Waals surface area contributed by atoms with Crippen LogP contribution in [0.3, 0.4) is 0 Å². The monoisotopic (exact) mass is 234 g/mol. The van der Waals surface area contributed by atoms with Crippen LogP contribution in [0.15, 0.2) is 24.3 Å². The highest BCUT2D eigenvalue weighted by Crippen LogP contribution is 2.35. The summed E-state index contributed by atoms with van der Waals surface area (Å²) in [4.78, 5) is 11.1. The van der Waals surface area contributed by atoms with E-state index in [0.717, 1.165) is 11.3 Å². The first-order valence-electron chi connectivity index (χ1n) is 5.86. The summed E-state index contributed by atoms with van der Waals surface area (Å²) in [6, 6.07) is 7.67. The lowest BCUT2D eigenvalue weighted by molar-refractivity contribution is -0.120. The van der Waals surface area contributed by atoms with Gasteiger partial charge < -0.3 is 10.5 Å². The quantitative estimate of drug-likeness (QED) is 0.826. The van der Waals surface area contributed by atoms with E-state index in [-0.39, 0.29) is 18.0 Å². The van der Waals surface area contributed by atoms with Crippen LogP contribution in [0.5, 0.6) is 5.75 Å². The first-order chi connectivity index (χ1) is 8.09. The zero-order valence-electron chi connectivity index (χ0n) is 10.1. The molecule has 4 nitrogen and oxygen atoms in total. The lowest BCUT2D eigenvalue weighted by Gasteiger charge is -2.33. The average molecular weight is 234 g/mol. The molecule has 2 rings (SSSR count). The maximum absolute atomic E-state index is 11.1. The van der Waals surface area contributed by atoms with E-state index in [1.54, 1.807) is 6.92 Å². The molecule has 3 N–H and O–H groups in total. The number of ether oxygens (including phenoxy) is 1. The number of para-hydroxylation sites is 1. The fraction of sp³-hybridized carbons (Fsp3) is 0.462. The third kappa shape index (κ3) is 2.42. The van der Waals surface area contributed by atoms with Crippen LogP contribution in [0, 0.1) is 5.92 Å². The van der Waals surface area contributed by atoms with E-state index >= 15 is 0 Å². The molecule has 0 saturated heterocycles. The van der Waals surface area contributed by atoms with Crippen LogP contribution in [-0.4, -0.2) is 18.6 Å². The van der Waals surface area contributed by atoms with Crippen molar-refractivity contribution in [3.05, 3.63) is 29.8 Å². The van der Waals surface area contributed by atoms with Crippen molar-refractivity contribution in [2.24, 2.45) is 11.7 Å². The Morgan fingerprint density at radius 2 is 2.24 bits per heavy atom. The van der Waals surface area contributed by atoms with Crippen molar-refractivity contribution in [3.63, 3.8) is 0 Å². The SMILES string of the molecule is CC(NC1c2ccccc2OCC1C)C(N)=O. The fourth-order valence-electron chi connectivity index (χ4n) is 2.10. The first kappa shape index (κ1) is 11.9. The predicted octanol–water partition coefficient (Wildman–Crippen LogP) is 1.22. The van der Waals surface area contributed by atoms with E-state index in [4.69, 9.17) is 10.5 Å². The van der Waals surface area contributed by atoms with Crippen molar-refractivity contribution in [1.29, 1.82) is 0 Å². The number of rotatable bonds is 3. The van der Waals surface area contributed by atoms with Gasteiger partial charge in [-0.25, -0.2) is 0 Å². The van der Waals surface area contributed by atoms with Gasteiger partial charge in [0.05, 0.1) is 12.6 Å². The summed E-state index contributed by atoms with van der Waals surface area (Å²) in [6.07, 6.45) is 0. The van der Waals surface area contributed by atoms with Gasteiger partial charge in [0.15, 0.2) is 0 Å². The number of nitrogens with one attached hydrogen (secondary N) is 1. The topological polar surface area (TPSA) is 64.3 Å². The molecule has 1 aromatic rings. The highest BCUT2D eigenvalue weighted by atomic mass is 16.5.